The minimum Gasteiger partial charge on any atom is -0.339 e. The first-order valence-corrected chi connectivity index (χ1v) is 15.1. The molecule has 2 aromatic heterocycles. The molecule has 0 aliphatic heterocycles. The zero-order chi connectivity index (χ0) is 24.9. The maximum Gasteiger partial charge on any atom is 0.246 e. The Morgan fingerprint density at radius 1 is 1.12 bits per heavy atom. The molecule has 1 aliphatic rings. The van der Waals surface area contributed by atoms with Gasteiger partial charge in [-0.3, -0.25) is 0 Å². The summed E-state index contributed by atoms with van der Waals surface area (Å²) in [5, 5.41) is 4.00. The highest BCUT2D eigenvalue weighted by atomic mass is 32.3. The van der Waals surface area contributed by atoms with Crippen molar-refractivity contribution in [2.45, 2.75) is 70.6 Å². The summed E-state index contributed by atoms with van der Waals surface area (Å²) < 4.78 is 53.4. The second kappa shape index (κ2) is 10.9. The van der Waals surface area contributed by atoms with E-state index in [0.29, 0.717) is 17.9 Å². The van der Waals surface area contributed by atoms with Crippen molar-refractivity contribution in [2.75, 3.05) is 16.2 Å². The Kier molecular flexibility index (Phi) is 8.45. The number of hydrogen-bond acceptors (Lipinski definition) is 9. The smallest absolute Gasteiger partial charge is 0.246 e. The van der Waals surface area contributed by atoms with E-state index >= 15 is 0 Å². The molecule has 0 saturated heterocycles. The number of hydrogen-bond donors (Lipinski definition) is 0. The Morgan fingerprint density at radius 2 is 1.79 bits per heavy atom. The molecular weight excluding hydrogens is 480 g/mol. The standard InChI is InChI=1S/C22H32N4O6S2/c1-16(27)14-18(11-7-10-17-8-5-4-6-9-17)22-24-21(25-32-22)19-12-13-20(23-15-19)26(33(2,28)29)34(3,30)31/h12-13,15,17-18H,4-11,14H2,1-3H3/t18-/m1/s1. The molecule has 0 unspecified atom stereocenters. The van der Waals surface area contributed by atoms with E-state index in [1.54, 1.807) is 6.92 Å². The van der Waals surface area contributed by atoms with Crippen molar-refractivity contribution in [3.05, 3.63) is 24.2 Å². The molecule has 1 saturated carbocycles. The second-order valence-corrected chi connectivity index (χ2v) is 13.0. The number of nitrogens with zero attached hydrogens (tertiary/aromatic N) is 4. The van der Waals surface area contributed by atoms with Gasteiger partial charge in [0.05, 0.1) is 12.5 Å². The summed E-state index contributed by atoms with van der Waals surface area (Å²) in [6.07, 6.45) is 12.6. The maximum atomic E-state index is 11.9. The number of aromatic nitrogens is 3. The van der Waals surface area contributed by atoms with E-state index in [2.05, 4.69) is 15.1 Å². The van der Waals surface area contributed by atoms with E-state index in [0.717, 1.165) is 37.7 Å². The summed E-state index contributed by atoms with van der Waals surface area (Å²) in [5.74, 6) is 1.00. The molecule has 2 aromatic rings. The molecule has 0 bridgehead atoms. The predicted octanol–water partition coefficient (Wildman–Crippen LogP) is 3.67. The quantitative estimate of drug-likeness (QED) is 0.441. The fourth-order valence-corrected chi connectivity index (χ4v) is 7.38. The molecule has 12 heteroatoms. The molecule has 0 radical (unpaired) electrons. The van der Waals surface area contributed by atoms with Gasteiger partial charge in [0.2, 0.25) is 31.8 Å². The van der Waals surface area contributed by atoms with E-state index in [1.807, 2.05) is 0 Å². The van der Waals surface area contributed by atoms with Gasteiger partial charge in [-0.1, -0.05) is 50.1 Å². The predicted molar refractivity (Wildman–Crippen MR) is 128 cm³/mol. The SMILES string of the molecule is CC(=O)C[C@@H](CCCC1CCCCC1)c1nc(-c2ccc(N(S(C)(=O)=O)S(C)(=O)=O)nc2)no1. The van der Waals surface area contributed by atoms with Crippen LogP contribution in [-0.2, 0) is 24.8 Å². The minimum atomic E-state index is -4.09. The summed E-state index contributed by atoms with van der Waals surface area (Å²) in [4.78, 5) is 20.3. The molecule has 2 heterocycles. The largest absolute Gasteiger partial charge is 0.339 e. The number of anilines is 1. The number of Topliss-reactive ketones (excluding diaryl/α,β-unsaturated/α-hetero) is 1. The van der Waals surface area contributed by atoms with Gasteiger partial charge in [-0.25, -0.2) is 21.8 Å². The molecule has 0 spiro atoms. The summed E-state index contributed by atoms with van der Waals surface area (Å²) in [6, 6.07) is 2.74. The maximum absolute atomic E-state index is 11.9. The van der Waals surface area contributed by atoms with Crippen LogP contribution in [0.1, 0.15) is 76.5 Å². The number of carbonyl (C=O) groups excluding carboxylic acids is 1. The van der Waals surface area contributed by atoms with Crippen LogP contribution in [0.4, 0.5) is 5.82 Å². The molecule has 0 aromatic carbocycles. The number of pyridine rings is 1. The fourth-order valence-electron chi connectivity index (χ4n) is 4.52. The summed E-state index contributed by atoms with van der Waals surface area (Å²) >= 11 is 0. The number of carbonyl (C=O) groups is 1. The number of ketones is 1. The zero-order valence-corrected chi connectivity index (χ0v) is 21.4. The van der Waals surface area contributed by atoms with Gasteiger partial charge in [-0.15, -0.1) is 3.71 Å². The summed E-state index contributed by atoms with van der Waals surface area (Å²) in [7, 11) is -8.18. The minimum absolute atomic E-state index is 0.0510. The van der Waals surface area contributed by atoms with Gasteiger partial charge in [0.1, 0.15) is 5.78 Å². The van der Waals surface area contributed by atoms with E-state index in [-0.39, 0.29) is 27.1 Å². The van der Waals surface area contributed by atoms with Gasteiger partial charge in [-0.2, -0.15) is 4.98 Å². The highest BCUT2D eigenvalue weighted by Crippen LogP contribution is 2.32. The van der Waals surface area contributed by atoms with Crippen molar-refractivity contribution in [1.29, 1.82) is 0 Å². The van der Waals surface area contributed by atoms with Crippen LogP contribution in [0, 0.1) is 5.92 Å². The lowest BCUT2D eigenvalue weighted by Gasteiger charge is -2.22. The van der Waals surface area contributed by atoms with Crippen molar-refractivity contribution < 1.29 is 26.2 Å². The van der Waals surface area contributed by atoms with Crippen molar-refractivity contribution in [3.63, 3.8) is 0 Å². The van der Waals surface area contributed by atoms with Gasteiger partial charge in [0.25, 0.3) is 0 Å². The first-order chi connectivity index (χ1) is 15.9. The highest BCUT2D eigenvalue weighted by Gasteiger charge is 2.29. The van der Waals surface area contributed by atoms with E-state index in [1.165, 1.54) is 50.4 Å². The zero-order valence-electron chi connectivity index (χ0n) is 19.8. The third-order valence-corrected chi connectivity index (χ3v) is 9.21. The Labute approximate surface area is 201 Å². The molecule has 10 nitrogen and oxygen atoms in total. The molecule has 0 amide bonds. The highest BCUT2D eigenvalue weighted by molar-refractivity contribution is 8.09. The van der Waals surface area contributed by atoms with Crippen LogP contribution < -0.4 is 3.71 Å². The first-order valence-electron chi connectivity index (χ1n) is 11.4. The second-order valence-electron chi connectivity index (χ2n) is 9.12. The van der Waals surface area contributed by atoms with Gasteiger partial charge in [-0.05, 0) is 31.4 Å². The van der Waals surface area contributed by atoms with Crippen molar-refractivity contribution >= 4 is 31.6 Å². The Hall–Kier alpha value is -2.34. The molecule has 1 fully saturated rings. The van der Waals surface area contributed by atoms with Crippen LogP contribution in [0.2, 0.25) is 0 Å². The van der Waals surface area contributed by atoms with Crippen molar-refractivity contribution in [2.24, 2.45) is 5.92 Å². The van der Waals surface area contributed by atoms with Gasteiger partial charge in [0, 0.05) is 24.1 Å². The van der Waals surface area contributed by atoms with Gasteiger partial charge in [0.15, 0.2) is 5.82 Å². The van der Waals surface area contributed by atoms with Crippen LogP contribution >= 0.6 is 0 Å². The third-order valence-electron chi connectivity index (χ3n) is 6.01. The lowest BCUT2D eigenvalue weighted by atomic mass is 9.84. The van der Waals surface area contributed by atoms with Crippen LogP contribution in [-0.4, -0.2) is 50.3 Å². The number of rotatable bonds is 11. The van der Waals surface area contributed by atoms with E-state index in [9.17, 15) is 21.6 Å². The first kappa shape index (κ1) is 26.3. The lowest BCUT2D eigenvalue weighted by molar-refractivity contribution is -0.117. The van der Waals surface area contributed by atoms with Crippen LogP contribution in [0.25, 0.3) is 11.4 Å². The molecule has 3 rings (SSSR count). The fraction of sp³-hybridized carbons (Fsp3) is 0.636. The normalized spacial score (nSPS) is 16.3. The monoisotopic (exact) mass is 512 g/mol. The number of sulfonamides is 2. The van der Waals surface area contributed by atoms with Crippen LogP contribution in [0.5, 0.6) is 0 Å². The van der Waals surface area contributed by atoms with Crippen molar-refractivity contribution in [3.8, 4) is 11.4 Å². The summed E-state index contributed by atoms with van der Waals surface area (Å²) in [5.41, 5.74) is 0.435. The van der Waals surface area contributed by atoms with Crippen LogP contribution in [0.3, 0.4) is 0 Å². The average molecular weight is 513 g/mol. The van der Waals surface area contributed by atoms with Gasteiger partial charge < -0.3 is 9.32 Å². The Bertz CT molecular complexity index is 1150. The lowest BCUT2D eigenvalue weighted by Crippen LogP contribution is -2.35. The van der Waals surface area contributed by atoms with E-state index in [4.69, 9.17) is 4.52 Å². The molecule has 1 aliphatic carbocycles. The topological polar surface area (TPSA) is 140 Å². The van der Waals surface area contributed by atoms with Crippen molar-refractivity contribution in [1.82, 2.24) is 15.1 Å². The molecule has 34 heavy (non-hydrogen) atoms. The van der Waals surface area contributed by atoms with Gasteiger partial charge >= 0.3 is 0 Å². The molecule has 0 N–H and O–H groups in total. The van der Waals surface area contributed by atoms with Crippen LogP contribution in [0.15, 0.2) is 22.9 Å². The molecule has 188 valence electrons. The Morgan fingerprint density at radius 3 is 2.35 bits per heavy atom. The van der Waals surface area contributed by atoms with E-state index < -0.39 is 20.0 Å². The molecular formula is C22H32N4O6S2. The average Bonchev–Trinajstić information content (AvgIpc) is 3.22. The third kappa shape index (κ3) is 7.08. The summed E-state index contributed by atoms with van der Waals surface area (Å²) in [6.45, 7) is 1.55. The Balaban J connectivity index is 1.74. The molecule has 1 atom stereocenters.